The minimum atomic E-state index is -0.0977. The van der Waals surface area contributed by atoms with Gasteiger partial charge in [0.05, 0.1) is 12.5 Å². The molecule has 0 saturated carbocycles. The molecule has 0 amide bonds. The molecule has 0 aliphatic carbocycles. The van der Waals surface area contributed by atoms with E-state index >= 15 is 0 Å². The van der Waals surface area contributed by atoms with E-state index in [1.807, 2.05) is 11.4 Å². The molecule has 1 atom stereocenters. The molecular weight excluding hydrogens is 264 g/mol. The zero-order chi connectivity index (χ0) is 13.3. The van der Waals surface area contributed by atoms with Crippen molar-refractivity contribution in [1.29, 1.82) is 0 Å². The Balaban J connectivity index is 2.42. The Morgan fingerprint density at radius 3 is 2.22 bits per heavy atom. The van der Waals surface area contributed by atoms with E-state index < -0.39 is 0 Å². The van der Waals surface area contributed by atoms with Crippen molar-refractivity contribution in [2.75, 3.05) is 7.11 Å². The van der Waals surface area contributed by atoms with Crippen LogP contribution >= 0.6 is 22.9 Å². The number of hydrogen-bond donors (Lipinski definition) is 0. The van der Waals surface area contributed by atoms with Crippen molar-refractivity contribution in [3.8, 4) is 5.75 Å². The molecule has 0 fully saturated rings. The number of alkyl halides is 1. The van der Waals surface area contributed by atoms with Crippen LogP contribution < -0.4 is 4.74 Å². The van der Waals surface area contributed by atoms with Crippen molar-refractivity contribution < 1.29 is 4.74 Å². The first-order chi connectivity index (χ1) is 8.52. The molecule has 3 heteroatoms. The van der Waals surface area contributed by atoms with Crippen molar-refractivity contribution >= 4 is 22.9 Å². The van der Waals surface area contributed by atoms with Gasteiger partial charge in [-0.15, -0.1) is 22.9 Å². The van der Waals surface area contributed by atoms with Crippen LogP contribution in [0.15, 0.2) is 23.6 Å². The van der Waals surface area contributed by atoms with Gasteiger partial charge in [-0.3, -0.25) is 0 Å². The summed E-state index contributed by atoms with van der Waals surface area (Å²) >= 11 is 8.26. The standard InChI is InChI=1S/C15H17ClOS/c1-9-5-10(2)14(11(3)6-9)15(16)13-7-12(17-4)8-18-13/h5-8,15H,1-4H3. The second-order valence-corrected chi connectivity index (χ2v) is 5.94. The van der Waals surface area contributed by atoms with Gasteiger partial charge in [-0.25, -0.2) is 0 Å². The molecule has 96 valence electrons. The van der Waals surface area contributed by atoms with E-state index in [0.29, 0.717) is 0 Å². The molecule has 0 aliphatic heterocycles. The van der Waals surface area contributed by atoms with Crippen LogP contribution in [-0.4, -0.2) is 7.11 Å². The number of aryl methyl sites for hydroxylation is 3. The quantitative estimate of drug-likeness (QED) is 0.718. The number of ether oxygens (including phenoxy) is 1. The Kier molecular flexibility index (Phi) is 3.98. The Morgan fingerprint density at radius 2 is 1.72 bits per heavy atom. The van der Waals surface area contributed by atoms with Gasteiger partial charge in [-0.05, 0) is 43.5 Å². The largest absolute Gasteiger partial charge is 0.496 e. The molecule has 1 heterocycles. The number of benzene rings is 1. The Labute approximate surface area is 117 Å². The number of methoxy groups -OCH3 is 1. The van der Waals surface area contributed by atoms with Crippen LogP contribution in [0, 0.1) is 20.8 Å². The highest BCUT2D eigenvalue weighted by molar-refractivity contribution is 7.10. The Morgan fingerprint density at radius 1 is 1.11 bits per heavy atom. The molecule has 1 nitrogen and oxygen atoms in total. The average molecular weight is 281 g/mol. The summed E-state index contributed by atoms with van der Waals surface area (Å²) in [7, 11) is 1.68. The maximum Gasteiger partial charge on any atom is 0.129 e. The Hall–Kier alpha value is -0.990. The van der Waals surface area contributed by atoms with E-state index in [1.54, 1.807) is 18.4 Å². The fraction of sp³-hybridized carbons (Fsp3) is 0.333. The fourth-order valence-electron chi connectivity index (χ4n) is 2.31. The Bertz CT molecular complexity index is 536. The lowest BCUT2D eigenvalue weighted by molar-refractivity contribution is 0.416. The topological polar surface area (TPSA) is 9.23 Å². The van der Waals surface area contributed by atoms with Crippen molar-refractivity contribution in [2.24, 2.45) is 0 Å². The monoisotopic (exact) mass is 280 g/mol. The van der Waals surface area contributed by atoms with Crippen molar-refractivity contribution in [1.82, 2.24) is 0 Å². The van der Waals surface area contributed by atoms with Crippen LogP contribution in [0.25, 0.3) is 0 Å². The SMILES string of the molecule is COc1csc(C(Cl)c2c(C)cc(C)cc2C)c1. The molecule has 0 saturated heterocycles. The van der Waals surface area contributed by atoms with Crippen LogP contribution in [0.4, 0.5) is 0 Å². The van der Waals surface area contributed by atoms with E-state index in [0.717, 1.165) is 10.6 Å². The van der Waals surface area contributed by atoms with Crippen molar-refractivity contribution in [3.05, 3.63) is 50.7 Å². The van der Waals surface area contributed by atoms with Gasteiger partial charge >= 0.3 is 0 Å². The molecule has 1 unspecified atom stereocenters. The number of halogens is 1. The van der Waals surface area contributed by atoms with Gasteiger partial charge in [-0.2, -0.15) is 0 Å². The molecule has 1 aromatic carbocycles. The molecule has 0 aliphatic rings. The second kappa shape index (κ2) is 5.33. The summed E-state index contributed by atoms with van der Waals surface area (Å²) in [6.07, 6.45) is 0. The third-order valence-corrected chi connectivity index (χ3v) is 4.63. The van der Waals surface area contributed by atoms with E-state index in [1.165, 1.54) is 22.3 Å². The van der Waals surface area contributed by atoms with E-state index in [2.05, 4.69) is 32.9 Å². The second-order valence-electron chi connectivity index (χ2n) is 4.56. The summed E-state index contributed by atoms with van der Waals surface area (Å²) in [4.78, 5) is 1.13. The molecule has 0 N–H and O–H groups in total. The lowest BCUT2D eigenvalue weighted by Gasteiger charge is -2.15. The summed E-state index contributed by atoms with van der Waals surface area (Å²) in [6.45, 7) is 6.35. The molecule has 2 aromatic rings. The first-order valence-electron chi connectivity index (χ1n) is 5.87. The fourth-order valence-corrected chi connectivity index (χ4v) is 3.71. The van der Waals surface area contributed by atoms with Crippen LogP contribution in [0.5, 0.6) is 5.75 Å². The van der Waals surface area contributed by atoms with Crippen LogP contribution in [0.1, 0.15) is 32.5 Å². The van der Waals surface area contributed by atoms with Gasteiger partial charge in [0.25, 0.3) is 0 Å². The van der Waals surface area contributed by atoms with Gasteiger partial charge in [0.1, 0.15) is 5.75 Å². The zero-order valence-corrected chi connectivity index (χ0v) is 12.7. The summed E-state index contributed by atoms with van der Waals surface area (Å²) in [5.41, 5.74) is 4.99. The summed E-state index contributed by atoms with van der Waals surface area (Å²) in [5, 5.41) is 1.89. The van der Waals surface area contributed by atoms with Gasteiger partial charge in [0, 0.05) is 10.3 Å². The first-order valence-corrected chi connectivity index (χ1v) is 7.18. The maximum absolute atomic E-state index is 6.62. The normalized spacial score (nSPS) is 12.5. The number of hydrogen-bond acceptors (Lipinski definition) is 2. The number of rotatable bonds is 3. The molecule has 18 heavy (non-hydrogen) atoms. The predicted octanol–water partition coefficient (Wildman–Crippen LogP) is 5.01. The summed E-state index contributed by atoms with van der Waals surface area (Å²) in [5.74, 6) is 0.878. The van der Waals surface area contributed by atoms with E-state index in [-0.39, 0.29) is 5.38 Å². The third kappa shape index (κ3) is 2.55. The minimum absolute atomic E-state index is 0.0977. The highest BCUT2D eigenvalue weighted by Crippen LogP contribution is 2.38. The lowest BCUT2D eigenvalue weighted by atomic mass is 9.96. The predicted molar refractivity (Wildman–Crippen MR) is 79.2 cm³/mol. The van der Waals surface area contributed by atoms with Crippen LogP contribution in [-0.2, 0) is 0 Å². The molecule has 0 radical (unpaired) electrons. The van der Waals surface area contributed by atoms with E-state index in [9.17, 15) is 0 Å². The summed E-state index contributed by atoms with van der Waals surface area (Å²) in [6, 6.07) is 6.38. The van der Waals surface area contributed by atoms with Gasteiger partial charge in [-0.1, -0.05) is 17.7 Å². The number of thiophene rings is 1. The molecule has 0 spiro atoms. The van der Waals surface area contributed by atoms with Gasteiger partial charge < -0.3 is 4.74 Å². The molecule has 0 bridgehead atoms. The third-order valence-electron chi connectivity index (χ3n) is 3.07. The van der Waals surface area contributed by atoms with Crippen molar-refractivity contribution in [3.63, 3.8) is 0 Å². The maximum atomic E-state index is 6.62. The van der Waals surface area contributed by atoms with Crippen LogP contribution in [0.3, 0.4) is 0 Å². The van der Waals surface area contributed by atoms with Crippen molar-refractivity contribution in [2.45, 2.75) is 26.1 Å². The minimum Gasteiger partial charge on any atom is -0.496 e. The average Bonchev–Trinajstić information content (AvgIpc) is 2.75. The lowest BCUT2D eigenvalue weighted by Crippen LogP contribution is -1.98. The van der Waals surface area contributed by atoms with Crippen LogP contribution in [0.2, 0.25) is 0 Å². The summed E-state index contributed by atoms with van der Waals surface area (Å²) < 4.78 is 5.21. The van der Waals surface area contributed by atoms with Gasteiger partial charge in [0.15, 0.2) is 0 Å². The molecule has 2 rings (SSSR count). The first kappa shape index (κ1) is 13.4. The highest BCUT2D eigenvalue weighted by atomic mass is 35.5. The smallest absolute Gasteiger partial charge is 0.129 e. The van der Waals surface area contributed by atoms with E-state index in [4.69, 9.17) is 16.3 Å². The molecular formula is C15H17ClOS. The van der Waals surface area contributed by atoms with Gasteiger partial charge in [0.2, 0.25) is 0 Å². The highest BCUT2D eigenvalue weighted by Gasteiger charge is 2.18. The zero-order valence-electron chi connectivity index (χ0n) is 11.1. The molecule has 1 aromatic heterocycles.